The van der Waals surface area contributed by atoms with Crippen LogP contribution in [0.4, 0.5) is 0 Å². The van der Waals surface area contributed by atoms with E-state index in [0.717, 1.165) is 0 Å². The number of ether oxygens (including phenoxy) is 1. The van der Waals surface area contributed by atoms with Crippen LogP contribution in [0.3, 0.4) is 0 Å². The molecule has 0 aromatic carbocycles. The highest BCUT2D eigenvalue weighted by atomic mass is 16.6. The maximum Gasteiger partial charge on any atom is 0.320 e. The maximum absolute atomic E-state index is 11.3. The number of nitrogens with two attached hydrogens (primary N) is 1. The number of carboxylic acid groups (broad SMARTS) is 1. The summed E-state index contributed by atoms with van der Waals surface area (Å²) in [5.41, 5.74) is 4.86. The van der Waals surface area contributed by atoms with Crippen LogP contribution < -0.4 is 5.73 Å². The first-order chi connectivity index (χ1) is 7.22. The predicted octanol–water partition coefficient (Wildman–Crippen LogP) is 1.30. The Kier molecular flexibility index (Phi) is 6.03. The molecule has 0 heterocycles. The average molecular weight is 231 g/mol. The average Bonchev–Trinajstić information content (AvgIpc) is 2.08. The fraction of sp³-hybridized carbons (Fsp3) is 0.818. The van der Waals surface area contributed by atoms with Gasteiger partial charge in [-0.3, -0.25) is 9.59 Å². The lowest BCUT2D eigenvalue weighted by atomic mass is 10.1. The lowest BCUT2D eigenvalue weighted by Crippen LogP contribution is -2.29. The number of carbonyl (C=O) groups is 2. The van der Waals surface area contributed by atoms with E-state index in [1.54, 1.807) is 0 Å². The van der Waals surface area contributed by atoms with Gasteiger partial charge < -0.3 is 15.6 Å². The molecular weight excluding hydrogens is 210 g/mol. The number of rotatable bonds is 6. The molecular formula is C11H21NO4. The van der Waals surface area contributed by atoms with Gasteiger partial charge in [-0.25, -0.2) is 0 Å². The molecule has 0 saturated heterocycles. The van der Waals surface area contributed by atoms with Crippen molar-refractivity contribution in [2.75, 3.05) is 0 Å². The molecule has 0 aromatic rings. The first-order valence-corrected chi connectivity index (χ1v) is 5.42. The van der Waals surface area contributed by atoms with Gasteiger partial charge in [0.2, 0.25) is 0 Å². The van der Waals surface area contributed by atoms with Crippen LogP contribution in [0.1, 0.15) is 46.5 Å². The van der Waals surface area contributed by atoms with Gasteiger partial charge in [-0.1, -0.05) is 6.42 Å². The lowest BCUT2D eigenvalue weighted by molar-refractivity contribution is -0.154. The third-order valence-corrected chi connectivity index (χ3v) is 1.88. The molecule has 0 unspecified atom stereocenters. The van der Waals surface area contributed by atoms with E-state index < -0.39 is 17.6 Å². The topological polar surface area (TPSA) is 89.6 Å². The van der Waals surface area contributed by atoms with E-state index in [1.807, 2.05) is 20.8 Å². The molecule has 0 aliphatic rings. The Labute approximate surface area is 96.0 Å². The fourth-order valence-electron chi connectivity index (χ4n) is 1.15. The van der Waals surface area contributed by atoms with E-state index in [9.17, 15) is 9.59 Å². The van der Waals surface area contributed by atoms with Gasteiger partial charge in [0.05, 0.1) is 0 Å². The van der Waals surface area contributed by atoms with Crippen LogP contribution >= 0.6 is 0 Å². The molecule has 16 heavy (non-hydrogen) atoms. The zero-order valence-corrected chi connectivity index (χ0v) is 10.2. The Morgan fingerprint density at radius 3 is 2.31 bits per heavy atom. The van der Waals surface area contributed by atoms with Crippen molar-refractivity contribution in [2.24, 2.45) is 5.73 Å². The minimum atomic E-state index is -1.00. The van der Waals surface area contributed by atoms with Crippen LogP contribution in [-0.4, -0.2) is 28.7 Å². The summed E-state index contributed by atoms with van der Waals surface area (Å²) in [4.78, 5) is 21.7. The summed E-state index contributed by atoms with van der Waals surface area (Å²) in [6.07, 6.45) is 1.92. The summed E-state index contributed by atoms with van der Waals surface area (Å²) in [5, 5.41) is 8.53. The number of hydrogen-bond acceptors (Lipinski definition) is 4. The van der Waals surface area contributed by atoms with E-state index in [1.165, 1.54) is 0 Å². The van der Waals surface area contributed by atoms with Gasteiger partial charge in [0, 0.05) is 6.42 Å². The van der Waals surface area contributed by atoms with Crippen LogP contribution in [0.5, 0.6) is 0 Å². The van der Waals surface area contributed by atoms with Crippen molar-refractivity contribution >= 4 is 11.9 Å². The largest absolute Gasteiger partial charge is 0.480 e. The number of aliphatic carboxylic acids is 1. The molecule has 0 radical (unpaired) electrons. The summed E-state index contributed by atoms with van der Waals surface area (Å²) >= 11 is 0. The minimum Gasteiger partial charge on any atom is -0.480 e. The van der Waals surface area contributed by atoms with E-state index in [-0.39, 0.29) is 5.97 Å². The Balaban J connectivity index is 3.60. The molecule has 0 rings (SSSR count). The van der Waals surface area contributed by atoms with Crippen LogP contribution in [0.2, 0.25) is 0 Å². The third kappa shape index (κ3) is 8.23. The molecule has 0 aliphatic heterocycles. The van der Waals surface area contributed by atoms with Gasteiger partial charge in [0.15, 0.2) is 0 Å². The first kappa shape index (κ1) is 14.9. The zero-order chi connectivity index (χ0) is 12.8. The fourth-order valence-corrected chi connectivity index (χ4v) is 1.15. The molecule has 3 N–H and O–H groups in total. The molecule has 1 atom stereocenters. The Morgan fingerprint density at radius 2 is 1.88 bits per heavy atom. The summed E-state index contributed by atoms with van der Waals surface area (Å²) in [6, 6.07) is -0.835. The predicted molar refractivity (Wildman–Crippen MR) is 59.9 cm³/mol. The van der Waals surface area contributed by atoms with Crippen molar-refractivity contribution in [3.8, 4) is 0 Å². The van der Waals surface area contributed by atoms with Crippen molar-refractivity contribution in [3.05, 3.63) is 0 Å². The Hall–Kier alpha value is -1.10. The summed E-state index contributed by atoms with van der Waals surface area (Å²) < 4.78 is 5.11. The number of carboxylic acids is 1. The van der Waals surface area contributed by atoms with Crippen LogP contribution in [0.25, 0.3) is 0 Å². The van der Waals surface area contributed by atoms with Crippen molar-refractivity contribution in [1.29, 1.82) is 0 Å². The van der Waals surface area contributed by atoms with Gasteiger partial charge in [-0.2, -0.15) is 0 Å². The molecule has 0 bridgehead atoms. The van der Waals surface area contributed by atoms with Crippen LogP contribution in [0, 0.1) is 0 Å². The second-order valence-corrected chi connectivity index (χ2v) is 4.78. The number of hydrogen-bond donors (Lipinski definition) is 2. The van der Waals surface area contributed by atoms with Crippen LogP contribution in [-0.2, 0) is 14.3 Å². The summed E-state index contributed by atoms with van der Waals surface area (Å²) in [7, 11) is 0. The van der Waals surface area contributed by atoms with E-state index in [0.29, 0.717) is 25.7 Å². The normalized spacial score (nSPS) is 13.2. The number of unbranched alkanes of at least 4 members (excludes halogenated alkanes) is 1. The smallest absolute Gasteiger partial charge is 0.320 e. The molecule has 0 saturated carbocycles. The second kappa shape index (κ2) is 6.48. The SMILES string of the molecule is CC(C)(C)OC(=O)CCCC[C@H](N)C(=O)O. The van der Waals surface area contributed by atoms with Gasteiger partial charge in [-0.15, -0.1) is 0 Å². The van der Waals surface area contributed by atoms with E-state index in [4.69, 9.17) is 15.6 Å². The lowest BCUT2D eigenvalue weighted by Gasteiger charge is -2.19. The molecule has 94 valence electrons. The van der Waals surface area contributed by atoms with E-state index in [2.05, 4.69) is 0 Å². The van der Waals surface area contributed by atoms with Crippen molar-refractivity contribution in [2.45, 2.75) is 58.1 Å². The van der Waals surface area contributed by atoms with Crippen LogP contribution in [0.15, 0.2) is 0 Å². The Morgan fingerprint density at radius 1 is 1.31 bits per heavy atom. The van der Waals surface area contributed by atoms with Crippen molar-refractivity contribution < 1.29 is 19.4 Å². The molecule has 5 heteroatoms. The number of carbonyl (C=O) groups excluding carboxylic acids is 1. The summed E-state index contributed by atoms with van der Waals surface area (Å²) in [6.45, 7) is 5.43. The quantitative estimate of drug-likeness (QED) is 0.531. The zero-order valence-electron chi connectivity index (χ0n) is 10.2. The second-order valence-electron chi connectivity index (χ2n) is 4.78. The highest BCUT2D eigenvalue weighted by Crippen LogP contribution is 2.10. The highest BCUT2D eigenvalue weighted by molar-refractivity contribution is 5.73. The minimum absolute atomic E-state index is 0.253. The van der Waals surface area contributed by atoms with Gasteiger partial charge in [0.1, 0.15) is 11.6 Å². The molecule has 0 amide bonds. The van der Waals surface area contributed by atoms with Crippen molar-refractivity contribution in [3.63, 3.8) is 0 Å². The molecule has 5 nitrogen and oxygen atoms in total. The molecule has 0 aliphatic carbocycles. The molecule has 0 spiro atoms. The van der Waals surface area contributed by atoms with Gasteiger partial charge in [0.25, 0.3) is 0 Å². The number of esters is 1. The molecule has 0 fully saturated rings. The third-order valence-electron chi connectivity index (χ3n) is 1.88. The highest BCUT2D eigenvalue weighted by Gasteiger charge is 2.16. The first-order valence-electron chi connectivity index (χ1n) is 5.42. The summed E-state index contributed by atoms with van der Waals surface area (Å²) in [5.74, 6) is -1.26. The van der Waals surface area contributed by atoms with E-state index >= 15 is 0 Å². The maximum atomic E-state index is 11.3. The monoisotopic (exact) mass is 231 g/mol. The van der Waals surface area contributed by atoms with Gasteiger partial charge in [-0.05, 0) is 33.6 Å². The van der Waals surface area contributed by atoms with Crippen molar-refractivity contribution in [1.82, 2.24) is 0 Å². The molecule has 0 aromatic heterocycles. The standard InChI is InChI=1S/C11H21NO4/c1-11(2,3)16-9(13)7-5-4-6-8(12)10(14)15/h8H,4-7,12H2,1-3H3,(H,14,15)/t8-/m0/s1. The van der Waals surface area contributed by atoms with Gasteiger partial charge >= 0.3 is 11.9 Å². The Bertz CT molecular complexity index is 245.